The Kier molecular flexibility index (Phi) is 6.36. The summed E-state index contributed by atoms with van der Waals surface area (Å²) in [5, 5.41) is 14.1. The molecular weight excluding hydrogens is 256 g/mol. The van der Waals surface area contributed by atoms with Crippen molar-refractivity contribution >= 4 is 17.4 Å². The average molecular weight is 278 g/mol. The SMILES string of the molecule is CN(C)c1cccc(C(=O)NCCCCC(N)=NO)c1. The smallest absolute Gasteiger partial charge is 0.251 e. The third kappa shape index (κ3) is 5.17. The van der Waals surface area contributed by atoms with Crippen LogP contribution in [0.1, 0.15) is 29.6 Å². The second-order valence-corrected chi connectivity index (χ2v) is 4.75. The Morgan fingerprint density at radius 1 is 1.40 bits per heavy atom. The number of nitrogens with two attached hydrogens (primary N) is 1. The van der Waals surface area contributed by atoms with Gasteiger partial charge in [-0.2, -0.15) is 0 Å². The van der Waals surface area contributed by atoms with Gasteiger partial charge in [0.15, 0.2) is 0 Å². The Bertz CT molecular complexity index is 472. The van der Waals surface area contributed by atoms with E-state index in [-0.39, 0.29) is 11.7 Å². The van der Waals surface area contributed by atoms with Crippen LogP contribution in [-0.4, -0.2) is 37.6 Å². The predicted octanol–water partition coefficient (Wildman–Crippen LogP) is 1.40. The number of carbonyl (C=O) groups excluding carboxylic acids is 1. The van der Waals surface area contributed by atoms with E-state index < -0.39 is 0 Å². The van der Waals surface area contributed by atoms with Crippen LogP contribution < -0.4 is 16.0 Å². The third-order valence-electron chi connectivity index (χ3n) is 2.90. The number of carbonyl (C=O) groups is 1. The van der Waals surface area contributed by atoms with Gasteiger partial charge in [0.05, 0.1) is 0 Å². The zero-order valence-electron chi connectivity index (χ0n) is 12.0. The number of benzene rings is 1. The van der Waals surface area contributed by atoms with Crippen LogP contribution in [0.25, 0.3) is 0 Å². The van der Waals surface area contributed by atoms with Crippen molar-refractivity contribution in [2.45, 2.75) is 19.3 Å². The summed E-state index contributed by atoms with van der Waals surface area (Å²) in [5.41, 5.74) is 7.00. The number of anilines is 1. The molecule has 0 atom stereocenters. The molecule has 0 aliphatic heterocycles. The summed E-state index contributed by atoms with van der Waals surface area (Å²) in [4.78, 5) is 13.9. The predicted molar refractivity (Wildman–Crippen MR) is 80.4 cm³/mol. The number of unbranched alkanes of at least 4 members (excludes halogenated alkanes) is 1. The molecule has 0 aliphatic carbocycles. The number of nitrogens with one attached hydrogen (secondary N) is 1. The molecule has 0 saturated heterocycles. The lowest BCUT2D eigenvalue weighted by molar-refractivity contribution is 0.0953. The van der Waals surface area contributed by atoms with Crippen molar-refractivity contribution in [3.63, 3.8) is 0 Å². The van der Waals surface area contributed by atoms with Crippen molar-refractivity contribution in [2.75, 3.05) is 25.5 Å². The molecule has 0 spiro atoms. The third-order valence-corrected chi connectivity index (χ3v) is 2.90. The van der Waals surface area contributed by atoms with Gasteiger partial charge in [-0.3, -0.25) is 4.79 Å². The maximum atomic E-state index is 12.0. The summed E-state index contributed by atoms with van der Waals surface area (Å²) in [7, 11) is 3.87. The van der Waals surface area contributed by atoms with E-state index in [2.05, 4.69) is 10.5 Å². The summed E-state index contributed by atoms with van der Waals surface area (Å²) in [6, 6.07) is 7.46. The van der Waals surface area contributed by atoms with Gasteiger partial charge in [0.1, 0.15) is 5.84 Å². The standard InChI is InChI=1S/C14H22N4O2/c1-18(2)12-7-5-6-11(10-12)14(19)16-9-4-3-8-13(15)17-20/h5-7,10,20H,3-4,8-9H2,1-2H3,(H2,15,17)(H,16,19). The number of amidine groups is 1. The highest BCUT2D eigenvalue weighted by atomic mass is 16.4. The van der Waals surface area contributed by atoms with E-state index >= 15 is 0 Å². The molecule has 110 valence electrons. The normalized spacial score (nSPS) is 11.2. The van der Waals surface area contributed by atoms with Crippen LogP contribution in [0.5, 0.6) is 0 Å². The van der Waals surface area contributed by atoms with Gasteiger partial charge in [-0.25, -0.2) is 0 Å². The van der Waals surface area contributed by atoms with Crippen LogP contribution in [0.3, 0.4) is 0 Å². The van der Waals surface area contributed by atoms with Crippen molar-refractivity contribution < 1.29 is 10.0 Å². The van der Waals surface area contributed by atoms with E-state index in [1.165, 1.54) is 0 Å². The molecule has 1 aromatic carbocycles. The summed E-state index contributed by atoms with van der Waals surface area (Å²) < 4.78 is 0. The molecule has 0 aliphatic rings. The second-order valence-electron chi connectivity index (χ2n) is 4.75. The quantitative estimate of drug-likeness (QED) is 0.231. The van der Waals surface area contributed by atoms with Crippen molar-refractivity contribution in [1.29, 1.82) is 0 Å². The summed E-state index contributed by atoms with van der Waals surface area (Å²) in [5.74, 6) is 0.132. The van der Waals surface area contributed by atoms with Crippen LogP contribution in [0.4, 0.5) is 5.69 Å². The van der Waals surface area contributed by atoms with Gasteiger partial charge >= 0.3 is 0 Å². The number of oxime groups is 1. The second kappa shape index (κ2) is 8.04. The highest BCUT2D eigenvalue weighted by Gasteiger charge is 2.06. The van der Waals surface area contributed by atoms with Crippen molar-refractivity contribution in [3.05, 3.63) is 29.8 Å². The summed E-state index contributed by atoms with van der Waals surface area (Å²) in [6.07, 6.45) is 2.09. The summed E-state index contributed by atoms with van der Waals surface area (Å²) >= 11 is 0. The Labute approximate surface area is 119 Å². The fraction of sp³-hybridized carbons (Fsp3) is 0.429. The zero-order chi connectivity index (χ0) is 15.0. The molecule has 20 heavy (non-hydrogen) atoms. The van der Waals surface area contributed by atoms with E-state index in [4.69, 9.17) is 10.9 Å². The maximum Gasteiger partial charge on any atom is 0.251 e. The molecule has 1 amide bonds. The van der Waals surface area contributed by atoms with Crippen molar-refractivity contribution in [3.8, 4) is 0 Å². The lowest BCUT2D eigenvalue weighted by Crippen LogP contribution is -2.25. The van der Waals surface area contributed by atoms with Gasteiger partial charge in [0, 0.05) is 38.3 Å². The number of rotatable bonds is 7. The molecule has 6 nitrogen and oxygen atoms in total. The van der Waals surface area contributed by atoms with E-state index in [1.807, 2.05) is 37.2 Å². The van der Waals surface area contributed by atoms with Gasteiger partial charge in [-0.15, -0.1) is 0 Å². The van der Waals surface area contributed by atoms with Gasteiger partial charge in [-0.05, 0) is 31.0 Å². The molecule has 0 radical (unpaired) electrons. The first-order valence-electron chi connectivity index (χ1n) is 6.56. The van der Waals surface area contributed by atoms with Crippen LogP contribution >= 0.6 is 0 Å². The molecule has 0 fully saturated rings. The minimum Gasteiger partial charge on any atom is -0.409 e. The Morgan fingerprint density at radius 2 is 2.15 bits per heavy atom. The molecule has 1 aromatic rings. The van der Waals surface area contributed by atoms with Crippen molar-refractivity contribution in [1.82, 2.24) is 5.32 Å². The number of hydrogen-bond donors (Lipinski definition) is 3. The monoisotopic (exact) mass is 278 g/mol. The minimum atomic E-state index is -0.0857. The Balaban J connectivity index is 2.38. The van der Waals surface area contributed by atoms with E-state index in [0.29, 0.717) is 18.5 Å². The van der Waals surface area contributed by atoms with E-state index in [0.717, 1.165) is 18.5 Å². The van der Waals surface area contributed by atoms with Crippen molar-refractivity contribution in [2.24, 2.45) is 10.9 Å². The maximum absolute atomic E-state index is 12.0. The van der Waals surface area contributed by atoms with E-state index in [9.17, 15) is 4.79 Å². The first-order chi connectivity index (χ1) is 9.54. The molecule has 0 aromatic heterocycles. The molecular formula is C14H22N4O2. The molecule has 4 N–H and O–H groups in total. The van der Waals surface area contributed by atoms with Gasteiger partial charge in [-0.1, -0.05) is 11.2 Å². The lowest BCUT2D eigenvalue weighted by Gasteiger charge is -2.13. The highest BCUT2D eigenvalue weighted by Crippen LogP contribution is 2.13. The topological polar surface area (TPSA) is 91.0 Å². The van der Waals surface area contributed by atoms with Crippen LogP contribution in [0.15, 0.2) is 29.4 Å². The number of hydrogen-bond acceptors (Lipinski definition) is 4. The zero-order valence-corrected chi connectivity index (χ0v) is 12.0. The number of nitrogens with zero attached hydrogens (tertiary/aromatic N) is 2. The van der Waals surface area contributed by atoms with Gasteiger partial charge < -0.3 is 21.2 Å². The minimum absolute atomic E-state index is 0.0857. The lowest BCUT2D eigenvalue weighted by atomic mass is 10.1. The van der Waals surface area contributed by atoms with E-state index in [1.54, 1.807) is 6.07 Å². The van der Waals surface area contributed by atoms with Crippen LogP contribution in [-0.2, 0) is 0 Å². The Morgan fingerprint density at radius 3 is 2.80 bits per heavy atom. The molecule has 0 saturated carbocycles. The van der Waals surface area contributed by atoms with Crippen LogP contribution in [0.2, 0.25) is 0 Å². The van der Waals surface area contributed by atoms with Gasteiger partial charge in [0.25, 0.3) is 5.91 Å². The first-order valence-corrected chi connectivity index (χ1v) is 6.56. The van der Waals surface area contributed by atoms with Gasteiger partial charge in [0.2, 0.25) is 0 Å². The van der Waals surface area contributed by atoms with Crippen LogP contribution in [0, 0.1) is 0 Å². The number of amides is 1. The fourth-order valence-electron chi connectivity index (χ4n) is 1.71. The highest BCUT2D eigenvalue weighted by molar-refractivity contribution is 5.95. The molecule has 1 rings (SSSR count). The molecule has 0 bridgehead atoms. The largest absolute Gasteiger partial charge is 0.409 e. The molecule has 0 heterocycles. The molecule has 6 heteroatoms. The molecule has 0 unspecified atom stereocenters. The summed E-state index contributed by atoms with van der Waals surface area (Å²) in [6.45, 7) is 0.573. The Hall–Kier alpha value is -2.24. The first kappa shape index (κ1) is 15.8. The fourth-order valence-corrected chi connectivity index (χ4v) is 1.71. The average Bonchev–Trinajstić information content (AvgIpc) is 2.46.